The van der Waals surface area contributed by atoms with E-state index in [-0.39, 0.29) is 0 Å². The summed E-state index contributed by atoms with van der Waals surface area (Å²) in [6.07, 6.45) is 0.904. The van der Waals surface area contributed by atoms with E-state index in [2.05, 4.69) is 18.8 Å². The highest BCUT2D eigenvalue weighted by Gasteiger charge is 2.13. The number of rotatable bonds is 4. The SMILES string of the molecule is COc1cc(C)nc(CC(C)C)c1OC. The van der Waals surface area contributed by atoms with E-state index in [4.69, 9.17) is 9.47 Å². The summed E-state index contributed by atoms with van der Waals surface area (Å²) >= 11 is 0. The molecule has 0 radical (unpaired) electrons. The van der Waals surface area contributed by atoms with Gasteiger partial charge in [0, 0.05) is 11.8 Å². The lowest BCUT2D eigenvalue weighted by atomic mass is 10.1. The highest BCUT2D eigenvalue weighted by atomic mass is 16.5. The Morgan fingerprint density at radius 3 is 2.40 bits per heavy atom. The van der Waals surface area contributed by atoms with Crippen LogP contribution in [0.5, 0.6) is 11.5 Å². The number of aryl methyl sites for hydroxylation is 1. The van der Waals surface area contributed by atoms with Gasteiger partial charge in [-0.3, -0.25) is 4.98 Å². The third-order valence-corrected chi connectivity index (χ3v) is 2.16. The molecule has 0 aliphatic rings. The van der Waals surface area contributed by atoms with Gasteiger partial charge in [-0.05, 0) is 19.3 Å². The Balaban J connectivity index is 3.16. The topological polar surface area (TPSA) is 31.4 Å². The Hall–Kier alpha value is -1.25. The van der Waals surface area contributed by atoms with Crippen LogP contribution in [0, 0.1) is 12.8 Å². The molecule has 0 aliphatic carbocycles. The number of hydrogen-bond donors (Lipinski definition) is 0. The standard InChI is InChI=1S/C12H19NO2/c1-8(2)6-10-12(15-5)11(14-4)7-9(3)13-10/h7-8H,6H2,1-5H3. The van der Waals surface area contributed by atoms with E-state index in [1.807, 2.05) is 13.0 Å². The Bertz CT molecular complexity index is 335. The molecule has 0 N–H and O–H groups in total. The van der Waals surface area contributed by atoms with Crippen molar-refractivity contribution in [3.05, 3.63) is 17.5 Å². The monoisotopic (exact) mass is 209 g/mol. The van der Waals surface area contributed by atoms with E-state index in [0.29, 0.717) is 5.92 Å². The van der Waals surface area contributed by atoms with Gasteiger partial charge >= 0.3 is 0 Å². The van der Waals surface area contributed by atoms with Crippen LogP contribution in [0.4, 0.5) is 0 Å². The number of ether oxygens (including phenoxy) is 2. The van der Waals surface area contributed by atoms with Crippen LogP contribution in [0.15, 0.2) is 6.07 Å². The van der Waals surface area contributed by atoms with Crippen molar-refractivity contribution in [3.63, 3.8) is 0 Å². The van der Waals surface area contributed by atoms with Crippen LogP contribution in [0.3, 0.4) is 0 Å². The van der Waals surface area contributed by atoms with Gasteiger partial charge in [-0.25, -0.2) is 0 Å². The molecule has 3 nitrogen and oxygen atoms in total. The summed E-state index contributed by atoms with van der Waals surface area (Å²) in [6.45, 7) is 6.29. The first-order valence-corrected chi connectivity index (χ1v) is 5.17. The van der Waals surface area contributed by atoms with Crippen molar-refractivity contribution in [2.24, 2.45) is 5.92 Å². The maximum absolute atomic E-state index is 5.34. The lowest BCUT2D eigenvalue weighted by Gasteiger charge is -2.14. The molecule has 1 heterocycles. The summed E-state index contributed by atoms with van der Waals surface area (Å²) in [4.78, 5) is 4.49. The lowest BCUT2D eigenvalue weighted by molar-refractivity contribution is 0.347. The van der Waals surface area contributed by atoms with Crippen molar-refractivity contribution < 1.29 is 9.47 Å². The van der Waals surface area contributed by atoms with Crippen LogP contribution in [0.25, 0.3) is 0 Å². The molecular formula is C12H19NO2. The zero-order valence-corrected chi connectivity index (χ0v) is 10.1. The van der Waals surface area contributed by atoms with E-state index in [0.717, 1.165) is 29.3 Å². The molecule has 3 heteroatoms. The second-order valence-electron chi connectivity index (χ2n) is 4.04. The summed E-state index contributed by atoms with van der Waals surface area (Å²) in [5, 5.41) is 0. The van der Waals surface area contributed by atoms with E-state index in [1.54, 1.807) is 14.2 Å². The largest absolute Gasteiger partial charge is 0.493 e. The quantitative estimate of drug-likeness (QED) is 0.763. The predicted molar refractivity (Wildman–Crippen MR) is 60.6 cm³/mol. The average molecular weight is 209 g/mol. The highest BCUT2D eigenvalue weighted by molar-refractivity contribution is 5.44. The molecule has 0 unspecified atom stereocenters. The van der Waals surface area contributed by atoms with Gasteiger partial charge in [-0.2, -0.15) is 0 Å². The minimum atomic E-state index is 0.554. The molecule has 0 fully saturated rings. The van der Waals surface area contributed by atoms with Gasteiger partial charge in [-0.15, -0.1) is 0 Å². The fraction of sp³-hybridized carbons (Fsp3) is 0.583. The third kappa shape index (κ3) is 2.85. The Morgan fingerprint density at radius 1 is 1.27 bits per heavy atom. The minimum Gasteiger partial charge on any atom is -0.493 e. The highest BCUT2D eigenvalue weighted by Crippen LogP contribution is 2.31. The smallest absolute Gasteiger partial charge is 0.182 e. The molecule has 0 aromatic carbocycles. The van der Waals surface area contributed by atoms with Crippen molar-refractivity contribution in [2.75, 3.05) is 14.2 Å². The molecule has 84 valence electrons. The second-order valence-corrected chi connectivity index (χ2v) is 4.04. The summed E-state index contributed by atoms with van der Waals surface area (Å²) < 4.78 is 10.6. The number of hydrogen-bond acceptors (Lipinski definition) is 3. The molecule has 0 bridgehead atoms. The molecule has 0 atom stereocenters. The average Bonchev–Trinajstić information content (AvgIpc) is 2.15. The van der Waals surface area contributed by atoms with Crippen LogP contribution in [-0.4, -0.2) is 19.2 Å². The molecular weight excluding hydrogens is 190 g/mol. The lowest BCUT2D eigenvalue weighted by Crippen LogP contribution is -2.04. The van der Waals surface area contributed by atoms with Gasteiger partial charge in [0.2, 0.25) is 0 Å². The van der Waals surface area contributed by atoms with E-state index in [1.165, 1.54) is 0 Å². The zero-order valence-electron chi connectivity index (χ0n) is 10.1. The molecule has 0 saturated heterocycles. The zero-order chi connectivity index (χ0) is 11.4. The number of aromatic nitrogens is 1. The first kappa shape index (κ1) is 11.8. The predicted octanol–water partition coefficient (Wildman–Crippen LogP) is 2.61. The van der Waals surface area contributed by atoms with Crippen molar-refractivity contribution in [3.8, 4) is 11.5 Å². The first-order chi connectivity index (χ1) is 7.08. The summed E-state index contributed by atoms with van der Waals surface area (Å²) in [5.74, 6) is 2.08. The summed E-state index contributed by atoms with van der Waals surface area (Å²) in [7, 11) is 3.30. The maximum atomic E-state index is 5.34. The van der Waals surface area contributed by atoms with E-state index in [9.17, 15) is 0 Å². The summed E-state index contributed by atoms with van der Waals surface area (Å²) in [5.41, 5.74) is 1.94. The fourth-order valence-electron chi connectivity index (χ4n) is 1.59. The molecule has 0 aliphatic heterocycles. The normalized spacial score (nSPS) is 10.5. The van der Waals surface area contributed by atoms with Crippen molar-refractivity contribution >= 4 is 0 Å². The first-order valence-electron chi connectivity index (χ1n) is 5.17. The Labute approximate surface area is 91.4 Å². The summed E-state index contributed by atoms with van der Waals surface area (Å²) in [6, 6.07) is 1.89. The maximum Gasteiger partial charge on any atom is 0.182 e. The van der Waals surface area contributed by atoms with E-state index < -0.39 is 0 Å². The molecule has 1 aromatic heterocycles. The molecule has 0 saturated carbocycles. The van der Waals surface area contributed by atoms with Gasteiger partial charge in [0.05, 0.1) is 19.9 Å². The van der Waals surface area contributed by atoms with Crippen LogP contribution in [0.2, 0.25) is 0 Å². The van der Waals surface area contributed by atoms with Crippen LogP contribution in [-0.2, 0) is 6.42 Å². The van der Waals surface area contributed by atoms with Crippen LogP contribution >= 0.6 is 0 Å². The van der Waals surface area contributed by atoms with Crippen molar-refractivity contribution in [1.29, 1.82) is 0 Å². The van der Waals surface area contributed by atoms with Gasteiger partial charge in [0.25, 0.3) is 0 Å². The molecule has 0 amide bonds. The molecule has 0 spiro atoms. The number of nitrogens with zero attached hydrogens (tertiary/aromatic N) is 1. The third-order valence-electron chi connectivity index (χ3n) is 2.16. The van der Waals surface area contributed by atoms with Crippen molar-refractivity contribution in [2.45, 2.75) is 27.2 Å². The van der Waals surface area contributed by atoms with Gasteiger partial charge in [0.1, 0.15) is 0 Å². The van der Waals surface area contributed by atoms with Crippen LogP contribution < -0.4 is 9.47 Å². The minimum absolute atomic E-state index is 0.554. The molecule has 1 aromatic rings. The molecule has 1 rings (SSSR count). The van der Waals surface area contributed by atoms with Gasteiger partial charge in [-0.1, -0.05) is 13.8 Å². The van der Waals surface area contributed by atoms with Gasteiger partial charge in [0.15, 0.2) is 11.5 Å². The Morgan fingerprint density at radius 2 is 1.93 bits per heavy atom. The van der Waals surface area contributed by atoms with E-state index >= 15 is 0 Å². The fourth-order valence-corrected chi connectivity index (χ4v) is 1.59. The van der Waals surface area contributed by atoms with Gasteiger partial charge < -0.3 is 9.47 Å². The van der Waals surface area contributed by atoms with Crippen LogP contribution in [0.1, 0.15) is 25.2 Å². The van der Waals surface area contributed by atoms with Crippen molar-refractivity contribution in [1.82, 2.24) is 4.98 Å². The second kappa shape index (κ2) is 5.01. The number of methoxy groups -OCH3 is 2. The number of pyridine rings is 1. The Kier molecular flexibility index (Phi) is 3.95. The molecule has 15 heavy (non-hydrogen) atoms.